The third-order valence-corrected chi connectivity index (χ3v) is 5.76. The number of aryl methyl sites for hydroxylation is 1. The molecule has 4 rings (SSSR count). The maximum absolute atomic E-state index is 13.4. The van der Waals surface area contributed by atoms with Gasteiger partial charge in [0, 0.05) is 49.4 Å². The van der Waals surface area contributed by atoms with Gasteiger partial charge in [-0.15, -0.1) is 0 Å². The summed E-state index contributed by atoms with van der Waals surface area (Å²) in [5.41, 5.74) is -0.000770. The Bertz CT molecular complexity index is 1010. The van der Waals surface area contributed by atoms with Crippen LogP contribution < -0.4 is 4.90 Å². The second kappa shape index (κ2) is 7.82. The monoisotopic (exact) mass is 434 g/mol. The van der Waals surface area contributed by atoms with Crippen LogP contribution in [0.1, 0.15) is 32.4 Å². The zero-order valence-electron chi connectivity index (χ0n) is 17.0. The topological polar surface area (TPSA) is 75.6 Å². The number of carbonyl (C=O) groups excluding carboxylic acids is 2. The van der Waals surface area contributed by atoms with Crippen molar-refractivity contribution in [1.29, 1.82) is 0 Å². The van der Waals surface area contributed by atoms with Gasteiger partial charge in [-0.2, -0.15) is 13.2 Å². The Morgan fingerprint density at radius 3 is 2.32 bits per heavy atom. The summed E-state index contributed by atoms with van der Waals surface area (Å²) in [4.78, 5) is 36.2. The van der Waals surface area contributed by atoms with Crippen LogP contribution in [-0.2, 0) is 10.9 Å². The molecule has 0 N–H and O–H groups in total. The molecule has 2 atom stereocenters. The Balaban J connectivity index is 1.48. The first-order valence-corrected chi connectivity index (χ1v) is 9.82. The van der Waals surface area contributed by atoms with Crippen LogP contribution in [-0.4, -0.2) is 60.0 Å². The summed E-state index contributed by atoms with van der Waals surface area (Å²) in [7, 11) is 1.23. The fraction of sp³-hybridized carbons (Fsp3) is 0.429. The van der Waals surface area contributed by atoms with Gasteiger partial charge < -0.3 is 14.5 Å². The number of alkyl halides is 3. The molecule has 2 fully saturated rings. The number of hydrogen-bond acceptors (Lipinski definition) is 6. The van der Waals surface area contributed by atoms with Crippen LogP contribution >= 0.6 is 0 Å². The molecule has 2 aliphatic heterocycles. The van der Waals surface area contributed by atoms with Crippen molar-refractivity contribution in [3.05, 3.63) is 53.1 Å². The van der Waals surface area contributed by atoms with Gasteiger partial charge in [-0.3, -0.25) is 4.79 Å². The normalized spacial score (nSPS) is 20.7. The molecule has 2 aromatic rings. The lowest BCUT2D eigenvalue weighted by molar-refractivity contribution is -0.137. The highest BCUT2D eigenvalue weighted by Gasteiger charge is 2.44. The van der Waals surface area contributed by atoms with Crippen LogP contribution in [0, 0.1) is 18.8 Å². The number of para-hydroxylation sites is 1. The Kier molecular flexibility index (Phi) is 5.32. The number of methoxy groups -OCH3 is 1. The lowest BCUT2D eigenvalue weighted by atomic mass is 10.0. The van der Waals surface area contributed by atoms with E-state index in [1.165, 1.54) is 25.3 Å². The van der Waals surface area contributed by atoms with Crippen LogP contribution in [0.25, 0.3) is 0 Å². The smallest absolute Gasteiger partial charge is 0.418 e. The third-order valence-electron chi connectivity index (χ3n) is 5.76. The highest BCUT2D eigenvalue weighted by molar-refractivity contribution is 5.93. The fourth-order valence-corrected chi connectivity index (χ4v) is 4.36. The number of amides is 1. The maximum atomic E-state index is 13.4. The van der Waals surface area contributed by atoms with Gasteiger partial charge in [-0.25, -0.2) is 14.8 Å². The third kappa shape index (κ3) is 4.06. The quantitative estimate of drug-likeness (QED) is 0.692. The van der Waals surface area contributed by atoms with E-state index in [1.807, 2.05) is 0 Å². The molecule has 31 heavy (non-hydrogen) atoms. The fourth-order valence-electron chi connectivity index (χ4n) is 4.36. The van der Waals surface area contributed by atoms with Crippen LogP contribution in [0.15, 0.2) is 30.3 Å². The molecule has 164 valence electrons. The van der Waals surface area contributed by atoms with E-state index in [-0.39, 0.29) is 29.0 Å². The van der Waals surface area contributed by atoms with Gasteiger partial charge in [0.05, 0.1) is 12.7 Å². The molecule has 0 saturated carbocycles. The molecular weight excluding hydrogens is 413 g/mol. The van der Waals surface area contributed by atoms with Crippen molar-refractivity contribution in [1.82, 2.24) is 14.9 Å². The van der Waals surface area contributed by atoms with Gasteiger partial charge in [0.1, 0.15) is 0 Å². The van der Waals surface area contributed by atoms with Crippen LogP contribution in [0.3, 0.4) is 0 Å². The van der Waals surface area contributed by atoms with Crippen molar-refractivity contribution >= 4 is 17.6 Å². The molecule has 1 aromatic carbocycles. The summed E-state index contributed by atoms with van der Waals surface area (Å²) in [6, 6.07) is 7.00. The second-order valence-electron chi connectivity index (χ2n) is 7.86. The zero-order chi connectivity index (χ0) is 22.3. The number of hydrogen-bond donors (Lipinski definition) is 0. The second-order valence-corrected chi connectivity index (χ2v) is 7.86. The van der Waals surface area contributed by atoms with E-state index < -0.39 is 23.6 Å². The van der Waals surface area contributed by atoms with Gasteiger partial charge in [0.25, 0.3) is 5.91 Å². The van der Waals surface area contributed by atoms with E-state index in [1.54, 1.807) is 22.8 Å². The minimum atomic E-state index is -4.42. The average Bonchev–Trinajstić information content (AvgIpc) is 3.31. The molecule has 2 aliphatic rings. The number of nitrogens with zero attached hydrogens (tertiary/aromatic N) is 4. The van der Waals surface area contributed by atoms with Gasteiger partial charge in [-0.1, -0.05) is 12.1 Å². The van der Waals surface area contributed by atoms with E-state index in [9.17, 15) is 22.8 Å². The Morgan fingerprint density at radius 2 is 1.71 bits per heavy atom. The van der Waals surface area contributed by atoms with E-state index in [4.69, 9.17) is 0 Å². The van der Waals surface area contributed by atoms with Crippen molar-refractivity contribution < 1.29 is 27.5 Å². The summed E-state index contributed by atoms with van der Waals surface area (Å²) in [5.74, 6) is -1.03. The lowest BCUT2D eigenvalue weighted by Crippen LogP contribution is -2.35. The predicted octanol–water partition coefficient (Wildman–Crippen LogP) is 2.80. The lowest BCUT2D eigenvalue weighted by Gasteiger charge is -2.25. The Labute approximate surface area is 176 Å². The number of fused-ring (bicyclic) bond motifs is 1. The molecule has 2 saturated heterocycles. The number of anilines is 1. The predicted molar refractivity (Wildman–Crippen MR) is 105 cm³/mol. The number of esters is 1. The summed E-state index contributed by atoms with van der Waals surface area (Å²) < 4.78 is 44.8. The van der Waals surface area contributed by atoms with Gasteiger partial charge in [0.15, 0.2) is 5.69 Å². The average molecular weight is 434 g/mol. The van der Waals surface area contributed by atoms with Crippen molar-refractivity contribution in [2.45, 2.75) is 13.1 Å². The Hall–Kier alpha value is -3.17. The molecule has 1 aromatic heterocycles. The molecule has 1 amide bonds. The molecule has 3 heterocycles. The Morgan fingerprint density at radius 1 is 1.06 bits per heavy atom. The van der Waals surface area contributed by atoms with E-state index >= 15 is 0 Å². The number of aromatic nitrogens is 2. The molecule has 0 radical (unpaired) electrons. The van der Waals surface area contributed by atoms with Crippen molar-refractivity contribution in [2.24, 2.45) is 11.8 Å². The first-order chi connectivity index (χ1) is 14.7. The van der Waals surface area contributed by atoms with Crippen LogP contribution in [0.2, 0.25) is 0 Å². The summed E-state index contributed by atoms with van der Waals surface area (Å²) >= 11 is 0. The molecule has 7 nitrogen and oxygen atoms in total. The van der Waals surface area contributed by atoms with Crippen molar-refractivity contribution in [2.75, 3.05) is 38.2 Å². The highest BCUT2D eigenvalue weighted by Crippen LogP contribution is 2.40. The van der Waals surface area contributed by atoms with Crippen LogP contribution in [0.4, 0.5) is 18.9 Å². The minimum absolute atomic E-state index is 0.00711. The standard InChI is InChI=1S/C21H21F3N4O3/c1-12-7-16(20(30)31-2)26-18(25-12)19(29)28-10-13-8-27(9-14(13)11-28)17-6-4-3-5-15(17)21(22,23)24/h3-7,13-14H,8-11H2,1-2H3. The number of carbonyl (C=O) groups is 2. The van der Waals surface area contributed by atoms with E-state index in [0.717, 1.165) is 6.07 Å². The van der Waals surface area contributed by atoms with Crippen LogP contribution in [0.5, 0.6) is 0 Å². The van der Waals surface area contributed by atoms with E-state index in [2.05, 4.69) is 14.7 Å². The van der Waals surface area contributed by atoms with E-state index in [0.29, 0.717) is 31.9 Å². The maximum Gasteiger partial charge on any atom is 0.418 e. The van der Waals surface area contributed by atoms with Gasteiger partial charge in [0.2, 0.25) is 5.82 Å². The molecule has 2 unspecified atom stereocenters. The zero-order valence-corrected chi connectivity index (χ0v) is 17.0. The summed E-state index contributed by atoms with van der Waals surface area (Å²) in [6.07, 6.45) is -4.42. The molecule has 0 spiro atoms. The first-order valence-electron chi connectivity index (χ1n) is 9.82. The van der Waals surface area contributed by atoms with Gasteiger partial charge >= 0.3 is 12.1 Å². The first kappa shape index (κ1) is 21.1. The molecule has 0 bridgehead atoms. The number of ether oxygens (including phenoxy) is 1. The number of halogens is 3. The van der Waals surface area contributed by atoms with Gasteiger partial charge in [-0.05, 0) is 25.1 Å². The number of rotatable bonds is 3. The molecule has 10 heteroatoms. The molecule has 0 aliphatic carbocycles. The molecular formula is C21H21F3N4O3. The van der Waals surface area contributed by atoms with Crippen molar-refractivity contribution in [3.63, 3.8) is 0 Å². The number of likely N-dealkylation sites (tertiary alicyclic amines) is 1. The van der Waals surface area contributed by atoms with Crippen molar-refractivity contribution in [3.8, 4) is 0 Å². The number of benzene rings is 1. The summed E-state index contributed by atoms with van der Waals surface area (Å²) in [6.45, 7) is 3.32. The SMILES string of the molecule is COC(=O)c1cc(C)nc(C(=O)N2CC3CN(c4ccccc4C(F)(F)F)CC3C2)n1. The minimum Gasteiger partial charge on any atom is -0.464 e. The highest BCUT2D eigenvalue weighted by atomic mass is 19.4. The largest absolute Gasteiger partial charge is 0.464 e. The summed E-state index contributed by atoms with van der Waals surface area (Å²) in [5, 5.41) is 0.